The third-order valence-electron chi connectivity index (χ3n) is 7.01. The van der Waals surface area contributed by atoms with Crippen LogP contribution in [0.15, 0.2) is 109 Å². The Labute approximate surface area is 297 Å². The molecule has 0 saturated carbocycles. The number of nitrogen functional groups attached to an aromatic ring is 2. The number of benzene rings is 5. The minimum atomic E-state index is -0.984. The monoisotopic (exact) mass is 696 g/mol. The molecule has 1 amide bonds. The number of carboxylic acid groups (broad SMARTS) is 1. The Morgan fingerprint density at radius 3 is 1.78 bits per heavy atom. The van der Waals surface area contributed by atoms with Gasteiger partial charge in [-0.2, -0.15) is 0 Å². The van der Waals surface area contributed by atoms with Crippen LogP contribution in [-0.4, -0.2) is 51.7 Å². The van der Waals surface area contributed by atoms with Crippen molar-refractivity contribution in [1.29, 1.82) is 0 Å². The van der Waals surface area contributed by atoms with E-state index in [4.69, 9.17) is 35.5 Å². The van der Waals surface area contributed by atoms with Crippen LogP contribution in [0, 0.1) is 0 Å². The highest BCUT2D eigenvalue weighted by Gasteiger charge is 2.09. The van der Waals surface area contributed by atoms with E-state index in [2.05, 4.69) is 10.6 Å². The van der Waals surface area contributed by atoms with Crippen molar-refractivity contribution in [2.24, 2.45) is 0 Å². The zero-order chi connectivity index (χ0) is 36.5. The van der Waals surface area contributed by atoms with Crippen molar-refractivity contribution in [3.63, 3.8) is 0 Å². The molecule has 51 heavy (non-hydrogen) atoms. The molecule has 5 aromatic carbocycles. The number of carbonyl (C=O) groups is 3. The van der Waals surface area contributed by atoms with E-state index in [0.717, 1.165) is 11.3 Å². The van der Waals surface area contributed by atoms with Gasteiger partial charge in [-0.05, 0) is 66.2 Å². The lowest BCUT2D eigenvalue weighted by molar-refractivity contribution is 0.0696. The first-order valence-corrected chi connectivity index (χ1v) is 15.1. The van der Waals surface area contributed by atoms with Crippen molar-refractivity contribution in [2.75, 3.05) is 50.5 Å². The van der Waals surface area contributed by atoms with E-state index in [9.17, 15) is 14.4 Å². The molecule has 12 heteroatoms. The summed E-state index contributed by atoms with van der Waals surface area (Å²) in [6.45, 7) is 0.614. The summed E-state index contributed by atoms with van der Waals surface area (Å²) in [6, 6.07) is 31.2. The van der Waals surface area contributed by atoms with Crippen molar-refractivity contribution in [3.05, 3.63) is 131 Å². The lowest BCUT2D eigenvalue weighted by Gasteiger charge is -2.12. The fourth-order valence-electron chi connectivity index (χ4n) is 4.29. The van der Waals surface area contributed by atoms with E-state index in [1.54, 1.807) is 70.9 Å². The molecule has 0 aliphatic heterocycles. The number of aldehydes is 1. The molecular weight excluding hydrogens is 652 g/mol. The predicted molar refractivity (Wildman–Crippen MR) is 202 cm³/mol. The van der Waals surface area contributed by atoms with Crippen molar-refractivity contribution >= 4 is 40.9 Å². The molecule has 0 heterocycles. The van der Waals surface area contributed by atoms with Crippen LogP contribution in [0.5, 0.6) is 23.0 Å². The number of nitrogens with two attached hydrogens (primary N) is 2. The van der Waals surface area contributed by atoms with Crippen LogP contribution in [0.3, 0.4) is 0 Å². The molecule has 7 N–H and O–H groups in total. The fraction of sp³-hybridized carbons (Fsp3) is 0.154. The molecule has 5 rings (SSSR count). The molecule has 0 aliphatic rings. The van der Waals surface area contributed by atoms with E-state index in [0.29, 0.717) is 64.0 Å². The van der Waals surface area contributed by atoms with Gasteiger partial charge in [-0.25, -0.2) is 4.79 Å². The second-order valence-electron chi connectivity index (χ2n) is 10.3. The topological polar surface area (TPSA) is 184 Å². The number of aromatic carboxylic acids is 1. The largest absolute Gasteiger partial charge is 0.493 e. The number of rotatable bonds is 11. The second-order valence-corrected chi connectivity index (χ2v) is 10.3. The summed E-state index contributed by atoms with van der Waals surface area (Å²) in [6.07, 6.45) is 0.672. The van der Waals surface area contributed by atoms with Gasteiger partial charge in [0.1, 0.15) is 6.29 Å². The maximum absolute atomic E-state index is 12.4. The van der Waals surface area contributed by atoms with Crippen LogP contribution < -0.4 is 41.0 Å². The number of ether oxygens (including phenoxy) is 4. The van der Waals surface area contributed by atoms with E-state index in [1.807, 2.05) is 42.5 Å². The molecule has 5 aromatic rings. The summed E-state index contributed by atoms with van der Waals surface area (Å²) >= 11 is 0. The molecule has 0 radical (unpaired) electrons. The SMILES string of the molecule is C.COc1ccc(N)cc1OC.COc1ccc(NCc2ccc(C(=O)Nc3ccccc3N)cc2)cc1OC.O=Cc1ccc(C(=O)O)cc1. The Balaban J connectivity index is 0.000000321. The van der Waals surface area contributed by atoms with Crippen LogP contribution in [0.4, 0.5) is 22.7 Å². The smallest absolute Gasteiger partial charge is 0.335 e. The van der Waals surface area contributed by atoms with Crippen molar-refractivity contribution in [1.82, 2.24) is 0 Å². The van der Waals surface area contributed by atoms with E-state index >= 15 is 0 Å². The van der Waals surface area contributed by atoms with Gasteiger partial charge in [0.25, 0.3) is 5.91 Å². The third-order valence-corrected chi connectivity index (χ3v) is 7.01. The maximum atomic E-state index is 12.4. The number of para-hydroxylation sites is 2. The Hall–Kier alpha value is -6.69. The van der Waals surface area contributed by atoms with E-state index in [1.165, 1.54) is 24.3 Å². The Morgan fingerprint density at radius 2 is 1.24 bits per heavy atom. The summed E-state index contributed by atoms with van der Waals surface area (Å²) < 4.78 is 20.6. The van der Waals surface area contributed by atoms with Crippen LogP contribution >= 0.6 is 0 Å². The lowest BCUT2D eigenvalue weighted by atomic mass is 10.1. The minimum absolute atomic E-state index is 0. The first-order chi connectivity index (χ1) is 24.1. The lowest BCUT2D eigenvalue weighted by Crippen LogP contribution is -2.13. The Morgan fingerprint density at radius 1 is 0.686 bits per heavy atom. The van der Waals surface area contributed by atoms with Crippen LogP contribution in [0.1, 0.15) is 44.1 Å². The number of amides is 1. The number of hydrogen-bond acceptors (Lipinski definition) is 10. The first kappa shape index (κ1) is 40.5. The molecular formula is C39H44N4O8. The molecule has 0 saturated heterocycles. The average Bonchev–Trinajstić information content (AvgIpc) is 3.15. The van der Waals surface area contributed by atoms with Gasteiger partial charge >= 0.3 is 5.97 Å². The molecule has 0 spiro atoms. The predicted octanol–water partition coefficient (Wildman–Crippen LogP) is 7.27. The number of hydrogen-bond donors (Lipinski definition) is 5. The highest BCUT2D eigenvalue weighted by atomic mass is 16.5. The van der Waals surface area contributed by atoms with Gasteiger partial charge in [0.05, 0.1) is 45.4 Å². The minimum Gasteiger partial charge on any atom is -0.493 e. The quantitative estimate of drug-likeness (QED) is 0.0691. The van der Waals surface area contributed by atoms with Gasteiger partial charge in [0.15, 0.2) is 23.0 Å². The van der Waals surface area contributed by atoms with E-state index in [-0.39, 0.29) is 18.9 Å². The van der Waals surface area contributed by atoms with Crippen molar-refractivity contribution in [2.45, 2.75) is 14.0 Å². The molecule has 0 aliphatic carbocycles. The summed E-state index contributed by atoms with van der Waals surface area (Å²) in [4.78, 5) is 32.8. The molecule has 0 aromatic heterocycles. The van der Waals surface area contributed by atoms with Crippen molar-refractivity contribution < 1.29 is 38.4 Å². The molecule has 0 unspecified atom stereocenters. The van der Waals surface area contributed by atoms with Crippen LogP contribution in [0.25, 0.3) is 0 Å². The third kappa shape index (κ3) is 12.4. The molecule has 268 valence electrons. The van der Waals surface area contributed by atoms with E-state index < -0.39 is 5.97 Å². The first-order valence-electron chi connectivity index (χ1n) is 15.1. The standard InChI is InChI=1S/C22H23N3O3.C8H11NO2.C8H6O3.CH4/c1-27-20-12-11-17(13-21(20)28-2)24-14-15-7-9-16(10-8-15)22(26)25-19-6-4-3-5-18(19)23;1-10-7-4-3-6(9)5-8(7)11-2;9-5-6-1-3-7(4-2-6)8(10)11;/h3-13,24H,14,23H2,1-2H3,(H,25,26);3-5H,9H2,1-2H3;1-5H,(H,10,11);1H4. The van der Waals surface area contributed by atoms with Crippen LogP contribution in [0.2, 0.25) is 0 Å². The van der Waals surface area contributed by atoms with Crippen molar-refractivity contribution in [3.8, 4) is 23.0 Å². The number of carboxylic acids is 1. The fourth-order valence-corrected chi connectivity index (χ4v) is 4.29. The Kier molecular flexibility index (Phi) is 16.4. The zero-order valence-corrected chi connectivity index (χ0v) is 28.1. The van der Waals surface area contributed by atoms with Gasteiger partial charge in [-0.15, -0.1) is 0 Å². The van der Waals surface area contributed by atoms with Gasteiger partial charge in [-0.3, -0.25) is 9.59 Å². The summed E-state index contributed by atoms with van der Waals surface area (Å²) in [5.41, 5.74) is 16.4. The number of nitrogens with one attached hydrogen (secondary N) is 2. The number of carbonyl (C=O) groups excluding carboxylic acids is 2. The maximum Gasteiger partial charge on any atom is 0.335 e. The highest BCUT2D eigenvalue weighted by Crippen LogP contribution is 2.30. The highest BCUT2D eigenvalue weighted by molar-refractivity contribution is 6.05. The Bertz CT molecular complexity index is 1860. The summed E-state index contributed by atoms with van der Waals surface area (Å²) in [5.74, 6) is 1.52. The number of methoxy groups -OCH3 is 4. The van der Waals surface area contributed by atoms with Gasteiger partial charge in [0.2, 0.25) is 0 Å². The average molecular weight is 697 g/mol. The summed E-state index contributed by atoms with van der Waals surface area (Å²) in [5, 5.41) is 14.6. The second kappa shape index (κ2) is 20.6. The van der Waals surface area contributed by atoms with Gasteiger partial charge in [-0.1, -0.05) is 43.8 Å². The zero-order valence-electron chi connectivity index (χ0n) is 28.1. The van der Waals surface area contributed by atoms with Crippen LogP contribution in [-0.2, 0) is 6.54 Å². The van der Waals surface area contributed by atoms with Gasteiger partial charge in [0, 0.05) is 41.2 Å². The summed E-state index contributed by atoms with van der Waals surface area (Å²) in [7, 11) is 6.38. The van der Waals surface area contributed by atoms with Gasteiger partial charge < -0.3 is 46.2 Å². The molecule has 12 nitrogen and oxygen atoms in total. The normalized spacial score (nSPS) is 9.57. The molecule has 0 atom stereocenters. The molecule has 0 fully saturated rings. The molecule has 0 bridgehead atoms. The number of anilines is 4.